The van der Waals surface area contributed by atoms with Gasteiger partial charge in [0.25, 0.3) is 0 Å². The minimum Gasteiger partial charge on any atom is -0.477 e. The quantitative estimate of drug-likeness (QED) is 0.780. The van der Waals surface area contributed by atoms with E-state index in [1.807, 2.05) is 0 Å². The Morgan fingerprint density at radius 1 is 1.65 bits per heavy atom. The minimum absolute atomic E-state index is 0.128. The number of amides is 1. The molecule has 6 nitrogen and oxygen atoms in total. The Balaban J connectivity index is 2.52. The zero-order chi connectivity index (χ0) is 12.8. The van der Waals surface area contributed by atoms with Crippen LogP contribution in [0.25, 0.3) is 0 Å². The number of thiazole rings is 1. The number of hydrogen-bond acceptors (Lipinski definition) is 5. The third kappa shape index (κ3) is 3.87. The standard InChI is InChI=1S/C10H12N2O4S/c1-3-4-16-10(15)11-5-7-12-6(2)8(17-7)9(13)14/h3H,1,4-5H2,2H3,(H,11,15)(H,13,14). The van der Waals surface area contributed by atoms with Gasteiger partial charge in [-0.05, 0) is 6.92 Å². The minimum atomic E-state index is -1.01. The average molecular weight is 256 g/mol. The van der Waals surface area contributed by atoms with Crippen molar-refractivity contribution in [1.29, 1.82) is 0 Å². The number of aryl methyl sites for hydroxylation is 1. The second-order valence-electron chi connectivity index (χ2n) is 3.07. The Hall–Kier alpha value is -1.89. The van der Waals surface area contributed by atoms with Crippen molar-refractivity contribution in [2.45, 2.75) is 13.5 Å². The highest BCUT2D eigenvalue weighted by molar-refractivity contribution is 7.13. The van der Waals surface area contributed by atoms with Gasteiger partial charge in [-0.1, -0.05) is 12.7 Å². The SMILES string of the molecule is C=CCOC(=O)NCc1nc(C)c(C(=O)O)s1. The van der Waals surface area contributed by atoms with Crippen molar-refractivity contribution in [1.82, 2.24) is 10.3 Å². The van der Waals surface area contributed by atoms with E-state index in [0.29, 0.717) is 10.7 Å². The summed E-state index contributed by atoms with van der Waals surface area (Å²) >= 11 is 1.03. The summed E-state index contributed by atoms with van der Waals surface area (Å²) < 4.78 is 4.69. The summed E-state index contributed by atoms with van der Waals surface area (Å²) in [6, 6.07) is 0. The number of carbonyl (C=O) groups excluding carboxylic acids is 1. The van der Waals surface area contributed by atoms with Crippen molar-refractivity contribution in [3.63, 3.8) is 0 Å². The summed E-state index contributed by atoms with van der Waals surface area (Å²) in [5.41, 5.74) is 0.443. The molecule has 2 N–H and O–H groups in total. The van der Waals surface area contributed by atoms with Crippen LogP contribution >= 0.6 is 11.3 Å². The van der Waals surface area contributed by atoms with Gasteiger partial charge in [0, 0.05) is 0 Å². The largest absolute Gasteiger partial charge is 0.477 e. The molecule has 0 atom stereocenters. The van der Waals surface area contributed by atoms with Gasteiger partial charge in [0.15, 0.2) is 0 Å². The summed E-state index contributed by atoms with van der Waals surface area (Å²) in [4.78, 5) is 26.1. The fourth-order valence-electron chi connectivity index (χ4n) is 1.06. The van der Waals surface area contributed by atoms with Crippen LogP contribution in [0, 0.1) is 6.92 Å². The predicted octanol–water partition coefficient (Wildman–Crippen LogP) is 1.56. The Bertz CT molecular complexity index is 442. The van der Waals surface area contributed by atoms with Gasteiger partial charge in [-0.25, -0.2) is 14.6 Å². The van der Waals surface area contributed by atoms with E-state index in [9.17, 15) is 9.59 Å². The lowest BCUT2D eigenvalue weighted by Gasteiger charge is -2.02. The van der Waals surface area contributed by atoms with E-state index >= 15 is 0 Å². The van der Waals surface area contributed by atoms with Crippen molar-refractivity contribution in [2.75, 3.05) is 6.61 Å². The van der Waals surface area contributed by atoms with Crippen LogP contribution in [0.4, 0.5) is 4.79 Å². The number of carboxylic acids is 1. The number of ether oxygens (including phenoxy) is 1. The summed E-state index contributed by atoms with van der Waals surface area (Å²) in [5.74, 6) is -1.01. The van der Waals surface area contributed by atoms with Crippen LogP contribution in [0.3, 0.4) is 0 Å². The Morgan fingerprint density at radius 3 is 2.88 bits per heavy atom. The molecule has 1 aromatic heterocycles. The van der Waals surface area contributed by atoms with Crippen LogP contribution in [-0.4, -0.2) is 28.8 Å². The van der Waals surface area contributed by atoms with E-state index in [1.54, 1.807) is 6.92 Å². The topological polar surface area (TPSA) is 88.5 Å². The van der Waals surface area contributed by atoms with E-state index in [0.717, 1.165) is 11.3 Å². The maximum Gasteiger partial charge on any atom is 0.407 e. The number of aromatic nitrogens is 1. The zero-order valence-electron chi connectivity index (χ0n) is 9.23. The molecule has 7 heteroatoms. The second-order valence-corrected chi connectivity index (χ2v) is 4.15. The van der Waals surface area contributed by atoms with E-state index < -0.39 is 12.1 Å². The lowest BCUT2D eigenvalue weighted by molar-refractivity contribution is 0.0701. The van der Waals surface area contributed by atoms with E-state index in [-0.39, 0.29) is 18.0 Å². The van der Waals surface area contributed by atoms with Gasteiger partial charge >= 0.3 is 12.1 Å². The molecule has 17 heavy (non-hydrogen) atoms. The van der Waals surface area contributed by atoms with Crippen LogP contribution in [0.2, 0.25) is 0 Å². The lowest BCUT2D eigenvalue weighted by Crippen LogP contribution is -2.23. The highest BCUT2D eigenvalue weighted by atomic mass is 32.1. The fraction of sp³-hybridized carbons (Fsp3) is 0.300. The Labute approximate surface area is 102 Å². The molecule has 1 rings (SSSR count). The number of aromatic carboxylic acids is 1. The molecule has 92 valence electrons. The monoisotopic (exact) mass is 256 g/mol. The van der Waals surface area contributed by atoms with Crippen molar-refractivity contribution in [3.8, 4) is 0 Å². The van der Waals surface area contributed by atoms with Gasteiger partial charge in [0.2, 0.25) is 0 Å². The van der Waals surface area contributed by atoms with Gasteiger partial charge in [-0.15, -0.1) is 11.3 Å². The number of carbonyl (C=O) groups is 2. The molecule has 0 saturated heterocycles. The van der Waals surface area contributed by atoms with Crippen LogP contribution in [0.1, 0.15) is 20.4 Å². The summed E-state index contributed by atoms with van der Waals surface area (Å²) in [6.45, 7) is 5.29. The number of nitrogens with one attached hydrogen (secondary N) is 1. The van der Waals surface area contributed by atoms with Gasteiger partial charge in [-0.3, -0.25) is 0 Å². The van der Waals surface area contributed by atoms with Crippen LogP contribution in [0.5, 0.6) is 0 Å². The van der Waals surface area contributed by atoms with Crippen molar-refractivity contribution in [2.24, 2.45) is 0 Å². The number of alkyl carbamates (subject to hydrolysis) is 1. The molecular formula is C10H12N2O4S. The molecule has 1 aromatic rings. The molecule has 0 aliphatic rings. The molecule has 0 spiro atoms. The van der Waals surface area contributed by atoms with E-state index in [4.69, 9.17) is 5.11 Å². The highest BCUT2D eigenvalue weighted by Crippen LogP contribution is 2.17. The summed E-state index contributed by atoms with van der Waals surface area (Å²) in [5, 5.41) is 11.8. The molecule has 0 fully saturated rings. The van der Waals surface area contributed by atoms with Crippen LogP contribution < -0.4 is 5.32 Å². The van der Waals surface area contributed by atoms with Crippen molar-refractivity contribution in [3.05, 3.63) is 28.2 Å². The molecule has 0 saturated carbocycles. The normalized spacial score (nSPS) is 9.71. The highest BCUT2D eigenvalue weighted by Gasteiger charge is 2.14. The smallest absolute Gasteiger partial charge is 0.407 e. The third-order valence-corrected chi connectivity index (χ3v) is 2.90. The average Bonchev–Trinajstić information content (AvgIpc) is 2.65. The second kappa shape index (κ2) is 6.00. The van der Waals surface area contributed by atoms with E-state index in [1.165, 1.54) is 6.08 Å². The molecule has 0 bridgehead atoms. The van der Waals surface area contributed by atoms with Gasteiger partial charge < -0.3 is 15.2 Å². The Kier molecular flexibility index (Phi) is 4.65. The first kappa shape index (κ1) is 13.2. The molecular weight excluding hydrogens is 244 g/mol. The first-order valence-corrected chi connectivity index (χ1v) is 5.57. The molecule has 1 amide bonds. The first-order chi connectivity index (χ1) is 8.04. The first-order valence-electron chi connectivity index (χ1n) is 4.75. The van der Waals surface area contributed by atoms with Crippen molar-refractivity contribution >= 4 is 23.4 Å². The van der Waals surface area contributed by atoms with Crippen LogP contribution in [0.15, 0.2) is 12.7 Å². The van der Waals surface area contributed by atoms with Gasteiger partial charge in [-0.2, -0.15) is 0 Å². The predicted molar refractivity (Wildman–Crippen MR) is 62.2 cm³/mol. The van der Waals surface area contributed by atoms with Crippen LogP contribution in [-0.2, 0) is 11.3 Å². The maximum absolute atomic E-state index is 11.1. The number of hydrogen-bond donors (Lipinski definition) is 2. The van der Waals surface area contributed by atoms with E-state index in [2.05, 4.69) is 21.6 Å². The molecule has 0 aliphatic heterocycles. The number of nitrogens with zero attached hydrogens (tertiary/aromatic N) is 1. The van der Waals surface area contributed by atoms with Gasteiger partial charge in [0.05, 0.1) is 12.2 Å². The maximum atomic E-state index is 11.1. The fourth-order valence-corrected chi connectivity index (χ4v) is 1.90. The van der Waals surface area contributed by atoms with Crippen molar-refractivity contribution < 1.29 is 19.4 Å². The molecule has 0 unspecified atom stereocenters. The third-order valence-electron chi connectivity index (χ3n) is 1.75. The molecule has 0 aliphatic carbocycles. The summed E-state index contributed by atoms with van der Waals surface area (Å²) in [7, 11) is 0. The number of carboxylic acid groups (broad SMARTS) is 1. The molecule has 1 heterocycles. The Morgan fingerprint density at radius 2 is 2.35 bits per heavy atom. The number of rotatable bonds is 5. The molecule has 0 aromatic carbocycles. The lowest BCUT2D eigenvalue weighted by atomic mass is 10.4. The van der Waals surface area contributed by atoms with Gasteiger partial charge in [0.1, 0.15) is 16.5 Å². The zero-order valence-corrected chi connectivity index (χ0v) is 10.0. The molecule has 0 radical (unpaired) electrons. The summed E-state index contributed by atoms with van der Waals surface area (Å²) in [6.07, 6.45) is 0.866.